The second-order valence-corrected chi connectivity index (χ2v) is 7.16. The van der Waals surface area contributed by atoms with Crippen LogP contribution in [0.5, 0.6) is 0 Å². The summed E-state index contributed by atoms with van der Waals surface area (Å²) in [4.78, 5) is 26.4. The van der Waals surface area contributed by atoms with Gasteiger partial charge in [0.05, 0.1) is 5.92 Å². The van der Waals surface area contributed by atoms with Crippen LogP contribution in [-0.2, 0) is 22.6 Å². The molecular formula is C22H25FN2O2. The molecule has 142 valence electrons. The molecule has 2 aromatic rings. The van der Waals surface area contributed by atoms with Crippen LogP contribution in [0.4, 0.5) is 4.39 Å². The van der Waals surface area contributed by atoms with Gasteiger partial charge in [0.1, 0.15) is 5.82 Å². The lowest BCUT2D eigenvalue weighted by molar-refractivity contribution is -0.138. The van der Waals surface area contributed by atoms with Crippen molar-refractivity contribution in [3.8, 4) is 0 Å². The van der Waals surface area contributed by atoms with Crippen LogP contribution in [0.1, 0.15) is 29.5 Å². The van der Waals surface area contributed by atoms with Gasteiger partial charge in [-0.1, -0.05) is 42.0 Å². The zero-order chi connectivity index (χ0) is 19.2. The highest BCUT2D eigenvalue weighted by Crippen LogP contribution is 2.19. The molecule has 1 N–H and O–H groups in total. The summed E-state index contributed by atoms with van der Waals surface area (Å²) in [5.41, 5.74) is 3.10. The summed E-state index contributed by atoms with van der Waals surface area (Å²) in [5.74, 6) is -0.417. The SMILES string of the molecule is Cc1ccc(CNC(=O)[C@@H]2CCC(=O)N(CCc3cccc(F)c3)C2)cc1. The maximum Gasteiger partial charge on any atom is 0.225 e. The number of piperidine rings is 1. The highest BCUT2D eigenvalue weighted by atomic mass is 19.1. The lowest BCUT2D eigenvalue weighted by Crippen LogP contribution is -2.46. The van der Waals surface area contributed by atoms with Gasteiger partial charge in [0.25, 0.3) is 0 Å². The van der Waals surface area contributed by atoms with Gasteiger partial charge in [0.15, 0.2) is 0 Å². The number of nitrogens with one attached hydrogen (secondary N) is 1. The van der Waals surface area contributed by atoms with Crippen molar-refractivity contribution < 1.29 is 14.0 Å². The van der Waals surface area contributed by atoms with Gasteiger partial charge in [-0.05, 0) is 43.0 Å². The molecule has 4 nitrogen and oxygen atoms in total. The first-order chi connectivity index (χ1) is 13.0. The third kappa shape index (κ3) is 5.39. The monoisotopic (exact) mass is 368 g/mol. The Kier molecular flexibility index (Phi) is 6.22. The Morgan fingerprint density at radius 1 is 1.19 bits per heavy atom. The number of carbonyl (C=O) groups excluding carboxylic acids is 2. The predicted octanol–water partition coefficient (Wildman–Crippen LogP) is 3.23. The zero-order valence-corrected chi connectivity index (χ0v) is 15.6. The fourth-order valence-electron chi connectivity index (χ4n) is 3.34. The largest absolute Gasteiger partial charge is 0.352 e. The molecule has 0 saturated carbocycles. The molecule has 1 aliphatic heterocycles. The first-order valence-electron chi connectivity index (χ1n) is 9.37. The van der Waals surface area contributed by atoms with E-state index in [1.807, 2.05) is 37.3 Å². The van der Waals surface area contributed by atoms with Gasteiger partial charge in [-0.15, -0.1) is 0 Å². The maximum atomic E-state index is 13.3. The number of benzene rings is 2. The summed E-state index contributed by atoms with van der Waals surface area (Å²) in [6, 6.07) is 14.5. The summed E-state index contributed by atoms with van der Waals surface area (Å²) >= 11 is 0. The van der Waals surface area contributed by atoms with E-state index >= 15 is 0 Å². The van der Waals surface area contributed by atoms with E-state index in [-0.39, 0.29) is 23.5 Å². The first kappa shape index (κ1) is 19.1. The van der Waals surface area contributed by atoms with Gasteiger partial charge in [-0.2, -0.15) is 0 Å². The van der Waals surface area contributed by atoms with Crippen molar-refractivity contribution in [1.82, 2.24) is 10.2 Å². The van der Waals surface area contributed by atoms with Crippen molar-refractivity contribution >= 4 is 11.8 Å². The lowest BCUT2D eigenvalue weighted by Gasteiger charge is -2.32. The fraction of sp³-hybridized carbons (Fsp3) is 0.364. The van der Waals surface area contributed by atoms with Gasteiger partial charge in [-0.3, -0.25) is 9.59 Å². The van der Waals surface area contributed by atoms with Gasteiger partial charge in [0.2, 0.25) is 11.8 Å². The summed E-state index contributed by atoms with van der Waals surface area (Å²) < 4.78 is 13.3. The molecule has 2 aromatic carbocycles. The number of halogens is 1. The highest BCUT2D eigenvalue weighted by Gasteiger charge is 2.29. The van der Waals surface area contributed by atoms with Crippen molar-refractivity contribution in [3.63, 3.8) is 0 Å². The van der Waals surface area contributed by atoms with E-state index in [0.717, 1.165) is 11.1 Å². The number of nitrogens with zero attached hydrogens (tertiary/aromatic N) is 1. The molecular weight excluding hydrogens is 343 g/mol. The second-order valence-electron chi connectivity index (χ2n) is 7.16. The van der Waals surface area contributed by atoms with E-state index in [0.29, 0.717) is 38.9 Å². The standard InChI is InChI=1S/C22H25FN2O2/c1-16-5-7-18(8-6-16)14-24-22(27)19-9-10-21(26)25(15-19)12-11-17-3-2-4-20(23)13-17/h2-8,13,19H,9-12,14-15H2,1H3,(H,24,27)/t19-/m1/s1. The number of likely N-dealkylation sites (tertiary alicyclic amines) is 1. The van der Waals surface area contributed by atoms with E-state index < -0.39 is 0 Å². The minimum absolute atomic E-state index is 0.0150. The lowest BCUT2D eigenvalue weighted by atomic mass is 9.96. The van der Waals surface area contributed by atoms with Crippen molar-refractivity contribution in [2.24, 2.45) is 5.92 Å². The van der Waals surface area contributed by atoms with Crippen molar-refractivity contribution in [2.75, 3.05) is 13.1 Å². The van der Waals surface area contributed by atoms with Crippen LogP contribution >= 0.6 is 0 Å². The van der Waals surface area contributed by atoms with Crippen LogP contribution in [0.2, 0.25) is 0 Å². The van der Waals surface area contributed by atoms with Crippen LogP contribution in [-0.4, -0.2) is 29.8 Å². The smallest absolute Gasteiger partial charge is 0.225 e. The Balaban J connectivity index is 1.51. The number of rotatable bonds is 6. The predicted molar refractivity (Wildman–Crippen MR) is 102 cm³/mol. The third-order valence-corrected chi connectivity index (χ3v) is 5.02. The second kappa shape index (κ2) is 8.80. The molecule has 1 heterocycles. The van der Waals surface area contributed by atoms with Crippen LogP contribution in [0.15, 0.2) is 48.5 Å². The number of amides is 2. The summed E-state index contributed by atoms with van der Waals surface area (Å²) in [6.45, 7) is 3.45. The van der Waals surface area contributed by atoms with Gasteiger partial charge in [0, 0.05) is 26.1 Å². The molecule has 1 aliphatic rings. The average molecular weight is 368 g/mol. The number of aryl methyl sites for hydroxylation is 1. The summed E-state index contributed by atoms with van der Waals surface area (Å²) in [6.07, 6.45) is 1.54. The summed E-state index contributed by atoms with van der Waals surface area (Å²) in [7, 11) is 0. The highest BCUT2D eigenvalue weighted by molar-refractivity contribution is 5.83. The minimum Gasteiger partial charge on any atom is -0.352 e. The molecule has 27 heavy (non-hydrogen) atoms. The Hall–Kier alpha value is -2.69. The molecule has 0 bridgehead atoms. The molecule has 3 rings (SSSR count). The molecule has 2 amide bonds. The average Bonchev–Trinajstić information content (AvgIpc) is 2.67. The summed E-state index contributed by atoms with van der Waals surface area (Å²) in [5, 5.41) is 2.98. The van der Waals surface area contributed by atoms with Gasteiger partial charge < -0.3 is 10.2 Å². The molecule has 0 aliphatic carbocycles. The number of hydrogen-bond acceptors (Lipinski definition) is 2. The van der Waals surface area contributed by atoms with Crippen LogP contribution in [0.3, 0.4) is 0 Å². The Labute approximate surface area is 159 Å². The van der Waals surface area contributed by atoms with Gasteiger partial charge >= 0.3 is 0 Å². The molecule has 1 atom stereocenters. The van der Waals surface area contributed by atoms with Crippen LogP contribution in [0, 0.1) is 18.7 Å². The van der Waals surface area contributed by atoms with E-state index in [1.54, 1.807) is 11.0 Å². The molecule has 0 unspecified atom stereocenters. The van der Waals surface area contributed by atoms with E-state index in [2.05, 4.69) is 5.32 Å². The maximum absolute atomic E-state index is 13.3. The Bertz CT molecular complexity index is 804. The van der Waals surface area contributed by atoms with E-state index in [1.165, 1.54) is 17.7 Å². The molecule has 5 heteroatoms. The van der Waals surface area contributed by atoms with E-state index in [9.17, 15) is 14.0 Å². The molecule has 1 saturated heterocycles. The first-order valence-corrected chi connectivity index (χ1v) is 9.37. The third-order valence-electron chi connectivity index (χ3n) is 5.02. The molecule has 1 fully saturated rings. The number of hydrogen-bond donors (Lipinski definition) is 1. The van der Waals surface area contributed by atoms with E-state index in [4.69, 9.17) is 0 Å². The normalized spacial score (nSPS) is 17.0. The minimum atomic E-state index is -0.272. The number of carbonyl (C=O) groups is 2. The van der Waals surface area contributed by atoms with Crippen molar-refractivity contribution in [3.05, 3.63) is 71.0 Å². The quantitative estimate of drug-likeness (QED) is 0.851. The zero-order valence-electron chi connectivity index (χ0n) is 15.6. The Morgan fingerprint density at radius 3 is 2.70 bits per heavy atom. The van der Waals surface area contributed by atoms with Gasteiger partial charge in [-0.25, -0.2) is 4.39 Å². The van der Waals surface area contributed by atoms with Crippen LogP contribution in [0.25, 0.3) is 0 Å². The van der Waals surface area contributed by atoms with Crippen LogP contribution < -0.4 is 5.32 Å². The molecule has 0 spiro atoms. The van der Waals surface area contributed by atoms with Crippen molar-refractivity contribution in [1.29, 1.82) is 0 Å². The van der Waals surface area contributed by atoms with Crippen molar-refractivity contribution in [2.45, 2.75) is 32.7 Å². The topological polar surface area (TPSA) is 49.4 Å². The fourth-order valence-corrected chi connectivity index (χ4v) is 3.34. The molecule has 0 aromatic heterocycles. The molecule has 0 radical (unpaired) electrons. The Morgan fingerprint density at radius 2 is 1.96 bits per heavy atom.